The number of allylic oxidation sites excluding steroid dienone is 19. The number of rotatable bonds is 51. The Kier molecular flexibility index (Phi) is 54.9. The molecule has 6 nitrogen and oxygen atoms in total. The van der Waals surface area contributed by atoms with Gasteiger partial charge in [-0.05, 0) is 89.9 Å². The van der Waals surface area contributed by atoms with Crippen molar-refractivity contribution in [3.05, 3.63) is 122 Å². The molecule has 0 aromatic carbocycles. The molecule has 0 amide bonds. The zero-order chi connectivity index (χ0) is 51.4. The van der Waals surface area contributed by atoms with E-state index in [1.807, 2.05) is 6.08 Å². The maximum absolute atomic E-state index is 12.8. The van der Waals surface area contributed by atoms with Crippen molar-refractivity contribution in [2.75, 3.05) is 13.2 Å². The first kappa shape index (κ1) is 66.8. The van der Waals surface area contributed by atoms with Crippen molar-refractivity contribution < 1.29 is 28.6 Å². The molecule has 0 aliphatic heterocycles. The average Bonchev–Trinajstić information content (AvgIpc) is 3.37. The van der Waals surface area contributed by atoms with Gasteiger partial charge in [0.05, 0.1) is 6.42 Å². The third-order valence-corrected chi connectivity index (χ3v) is 12.0. The molecule has 0 bridgehead atoms. The van der Waals surface area contributed by atoms with Crippen molar-refractivity contribution in [2.24, 2.45) is 0 Å². The van der Waals surface area contributed by atoms with Crippen molar-refractivity contribution in [2.45, 2.75) is 258 Å². The molecule has 0 saturated carbocycles. The Morgan fingerprint density at radius 1 is 0.310 bits per heavy atom. The minimum atomic E-state index is -0.836. The lowest BCUT2D eigenvalue weighted by Crippen LogP contribution is -2.30. The predicted octanol–water partition coefficient (Wildman–Crippen LogP) is 19.6. The average molecular weight is 984 g/mol. The molecule has 0 saturated heterocycles. The molecule has 1 unspecified atom stereocenters. The van der Waals surface area contributed by atoms with Gasteiger partial charge in [0.15, 0.2) is 6.10 Å². The van der Waals surface area contributed by atoms with Gasteiger partial charge in [-0.2, -0.15) is 0 Å². The molecule has 71 heavy (non-hydrogen) atoms. The van der Waals surface area contributed by atoms with Crippen LogP contribution in [0.25, 0.3) is 0 Å². The van der Waals surface area contributed by atoms with Crippen molar-refractivity contribution in [3.8, 4) is 0 Å². The lowest BCUT2D eigenvalue weighted by Gasteiger charge is -2.18. The van der Waals surface area contributed by atoms with E-state index in [2.05, 4.69) is 130 Å². The minimum absolute atomic E-state index is 0.0932. The highest BCUT2D eigenvalue weighted by Crippen LogP contribution is 2.15. The molecule has 402 valence electrons. The molecule has 0 heterocycles. The lowest BCUT2D eigenvalue weighted by molar-refractivity contribution is -0.166. The molecule has 0 fully saturated rings. The smallest absolute Gasteiger partial charge is 0.310 e. The van der Waals surface area contributed by atoms with Crippen molar-refractivity contribution in [1.82, 2.24) is 0 Å². The largest absolute Gasteiger partial charge is 0.462 e. The summed E-state index contributed by atoms with van der Waals surface area (Å²) in [7, 11) is 0. The Bertz CT molecular complexity index is 1500. The maximum Gasteiger partial charge on any atom is 0.310 e. The topological polar surface area (TPSA) is 78.9 Å². The standard InChI is InChI=1S/C65H106O6/c1-4-7-10-13-16-19-22-25-27-28-29-30-31-32-33-34-35-36-38-40-43-46-49-52-55-58-64(67)70-61-62(60-69-63(66)57-54-51-48-45-42-39-24-21-18-15-12-9-6-3)71-65(68)59-56-53-50-47-44-41-37-26-23-20-17-14-11-8-5-2/h7-8,10-11,16-17,19-20,25-27,29-30,32-33,37,44,47,53,56,62H,4-6,9,12-15,18,21-24,28,31,34-36,38-43,45-46,48-52,54-55,57-61H2,1-3H3/b10-7-,11-8-,19-16-,20-17-,27-25-,30-29-,33-32-,37-26-,47-44-,56-53-. The highest BCUT2D eigenvalue weighted by Gasteiger charge is 2.19. The van der Waals surface area contributed by atoms with Crippen LogP contribution in [0.1, 0.15) is 252 Å². The lowest BCUT2D eigenvalue weighted by atomic mass is 10.0. The van der Waals surface area contributed by atoms with Crippen LogP contribution in [0.15, 0.2) is 122 Å². The van der Waals surface area contributed by atoms with E-state index < -0.39 is 12.1 Å². The Morgan fingerprint density at radius 2 is 0.592 bits per heavy atom. The molecule has 0 N–H and O–H groups in total. The van der Waals surface area contributed by atoms with Crippen LogP contribution in [0.5, 0.6) is 0 Å². The molecule has 0 aliphatic carbocycles. The molecular formula is C65H106O6. The zero-order valence-electron chi connectivity index (χ0n) is 45.9. The van der Waals surface area contributed by atoms with Gasteiger partial charge in [-0.15, -0.1) is 0 Å². The van der Waals surface area contributed by atoms with Crippen LogP contribution in [0.2, 0.25) is 0 Å². The van der Waals surface area contributed by atoms with Crippen molar-refractivity contribution in [1.29, 1.82) is 0 Å². The van der Waals surface area contributed by atoms with E-state index in [1.165, 1.54) is 103 Å². The number of hydrogen-bond donors (Lipinski definition) is 0. The Balaban J connectivity index is 4.41. The predicted molar refractivity (Wildman–Crippen MR) is 306 cm³/mol. The second-order valence-electron chi connectivity index (χ2n) is 18.8. The molecule has 0 rings (SSSR count). The third kappa shape index (κ3) is 56.6. The van der Waals surface area contributed by atoms with Crippen LogP contribution in [0, 0.1) is 0 Å². The van der Waals surface area contributed by atoms with Crippen LogP contribution in [-0.2, 0) is 28.6 Å². The van der Waals surface area contributed by atoms with E-state index in [-0.39, 0.29) is 31.6 Å². The molecule has 0 aliphatic rings. The highest BCUT2D eigenvalue weighted by atomic mass is 16.6. The highest BCUT2D eigenvalue weighted by molar-refractivity contribution is 5.72. The summed E-state index contributed by atoms with van der Waals surface area (Å²) in [5, 5.41) is 0. The Morgan fingerprint density at radius 3 is 0.930 bits per heavy atom. The van der Waals surface area contributed by atoms with E-state index in [0.29, 0.717) is 12.8 Å². The number of hydrogen-bond acceptors (Lipinski definition) is 6. The second kappa shape index (κ2) is 58.4. The monoisotopic (exact) mass is 983 g/mol. The first-order valence-corrected chi connectivity index (χ1v) is 29.0. The van der Waals surface area contributed by atoms with Crippen LogP contribution < -0.4 is 0 Å². The molecular weight excluding hydrogens is 877 g/mol. The van der Waals surface area contributed by atoms with Gasteiger partial charge in [-0.25, -0.2) is 0 Å². The molecule has 6 heteroatoms. The quantitative estimate of drug-likeness (QED) is 0.0261. The number of carbonyl (C=O) groups excluding carboxylic acids is 3. The van der Waals surface area contributed by atoms with Gasteiger partial charge in [-0.3, -0.25) is 14.4 Å². The number of unbranched alkanes of at least 4 members (excludes halogenated alkanes) is 21. The van der Waals surface area contributed by atoms with Gasteiger partial charge in [0.2, 0.25) is 0 Å². The Labute approximate surface area is 437 Å². The molecule has 0 radical (unpaired) electrons. The third-order valence-electron chi connectivity index (χ3n) is 12.0. The fourth-order valence-electron chi connectivity index (χ4n) is 7.72. The number of esters is 3. The van der Waals surface area contributed by atoms with Crippen LogP contribution in [-0.4, -0.2) is 37.2 Å². The number of ether oxygens (including phenoxy) is 3. The SMILES string of the molecule is CC/C=C\C/C=C\C/C=C\C/C=C\C/C=C\CCCCCCCCCCCC(=O)OCC(COC(=O)CCCCCCCCCCCCCCC)OC(=O)C/C=C\C/C=C\C/C=C\C/C=C\C/C=C\CC. The van der Waals surface area contributed by atoms with Gasteiger partial charge in [0.1, 0.15) is 13.2 Å². The second-order valence-corrected chi connectivity index (χ2v) is 18.8. The first-order valence-electron chi connectivity index (χ1n) is 29.0. The molecule has 0 aromatic rings. The van der Waals surface area contributed by atoms with E-state index in [9.17, 15) is 14.4 Å². The summed E-state index contributed by atoms with van der Waals surface area (Å²) >= 11 is 0. The van der Waals surface area contributed by atoms with E-state index >= 15 is 0 Å². The van der Waals surface area contributed by atoms with Crippen molar-refractivity contribution in [3.63, 3.8) is 0 Å². The fraction of sp³-hybridized carbons (Fsp3) is 0.646. The van der Waals surface area contributed by atoms with Gasteiger partial charge in [-0.1, -0.05) is 264 Å². The summed E-state index contributed by atoms with van der Waals surface area (Å²) in [6.07, 6.45) is 80.7. The van der Waals surface area contributed by atoms with Gasteiger partial charge >= 0.3 is 17.9 Å². The van der Waals surface area contributed by atoms with E-state index in [0.717, 1.165) is 109 Å². The molecule has 0 aromatic heterocycles. The van der Waals surface area contributed by atoms with Crippen molar-refractivity contribution >= 4 is 17.9 Å². The summed E-state index contributed by atoms with van der Waals surface area (Å²) in [4.78, 5) is 38.1. The first-order chi connectivity index (χ1) is 35.0. The van der Waals surface area contributed by atoms with Crippen LogP contribution in [0.3, 0.4) is 0 Å². The summed E-state index contributed by atoms with van der Waals surface area (Å²) in [6, 6.07) is 0. The maximum atomic E-state index is 12.8. The van der Waals surface area contributed by atoms with Crippen LogP contribution >= 0.6 is 0 Å². The van der Waals surface area contributed by atoms with E-state index in [1.54, 1.807) is 6.08 Å². The summed E-state index contributed by atoms with van der Waals surface area (Å²) in [5.74, 6) is -1.06. The zero-order valence-corrected chi connectivity index (χ0v) is 45.9. The summed E-state index contributed by atoms with van der Waals surface area (Å²) in [6.45, 7) is 6.32. The fourth-order valence-corrected chi connectivity index (χ4v) is 7.72. The van der Waals surface area contributed by atoms with Gasteiger partial charge in [0, 0.05) is 12.8 Å². The minimum Gasteiger partial charge on any atom is -0.462 e. The van der Waals surface area contributed by atoms with E-state index in [4.69, 9.17) is 14.2 Å². The Hall–Kier alpha value is -4.19. The summed E-state index contributed by atoms with van der Waals surface area (Å²) in [5.41, 5.74) is 0. The summed E-state index contributed by atoms with van der Waals surface area (Å²) < 4.78 is 16.7. The molecule has 0 spiro atoms. The normalized spacial score (nSPS) is 13.0. The van der Waals surface area contributed by atoms with Crippen LogP contribution in [0.4, 0.5) is 0 Å². The molecule has 1 atom stereocenters. The van der Waals surface area contributed by atoms with Gasteiger partial charge in [0.25, 0.3) is 0 Å². The van der Waals surface area contributed by atoms with Gasteiger partial charge < -0.3 is 14.2 Å². The number of carbonyl (C=O) groups is 3.